The second-order valence-corrected chi connectivity index (χ2v) is 5.48. The first-order chi connectivity index (χ1) is 11.8. The van der Waals surface area contributed by atoms with Crippen LogP contribution in [0.5, 0.6) is 11.5 Å². The molecule has 0 saturated heterocycles. The van der Waals surface area contributed by atoms with Crippen LogP contribution in [0.2, 0.25) is 0 Å². The van der Waals surface area contributed by atoms with Crippen molar-refractivity contribution in [2.24, 2.45) is 0 Å². The SMILES string of the molecule is COc1cc(NC(=O)CCCCCCC(=O)C(F)(F)F)cc(OC)c1. The first-order valence-corrected chi connectivity index (χ1v) is 7.89. The minimum absolute atomic E-state index is 0.174. The lowest BCUT2D eigenvalue weighted by molar-refractivity contribution is -0.171. The molecule has 0 bridgehead atoms. The van der Waals surface area contributed by atoms with E-state index in [1.165, 1.54) is 14.2 Å². The Hall–Kier alpha value is -2.25. The number of benzene rings is 1. The number of anilines is 1. The van der Waals surface area contributed by atoms with E-state index in [1.54, 1.807) is 18.2 Å². The molecule has 0 aliphatic carbocycles. The highest BCUT2D eigenvalue weighted by Gasteiger charge is 2.36. The maximum absolute atomic E-state index is 12.0. The minimum atomic E-state index is -4.75. The summed E-state index contributed by atoms with van der Waals surface area (Å²) >= 11 is 0. The van der Waals surface area contributed by atoms with Gasteiger partial charge in [0.25, 0.3) is 0 Å². The number of alkyl halides is 3. The van der Waals surface area contributed by atoms with Gasteiger partial charge in [-0.3, -0.25) is 9.59 Å². The van der Waals surface area contributed by atoms with Crippen LogP contribution in [0.4, 0.5) is 18.9 Å². The predicted octanol–water partition coefficient (Wildman–Crippen LogP) is 4.11. The Morgan fingerprint density at radius 3 is 1.92 bits per heavy atom. The summed E-state index contributed by atoms with van der Waals surface area (Å²) in [5, 5.41) is 2.72. The molecular formula is C17H22F3NO4. The van der Waals surface area contributed by atoms with Crippen molar-refractivity contribution in [1.82, 2.24) is 0 Å². The molecule has 1 aromatic carbocycles. The smallest absolute Gasteiger partial charge is 0.449 e. The molecule has 0 fully saturated rings. The molecule has 140 valence electrons. The van der Waals surface area contributed by atoms with Gasteiger partial charge in [-0.15, -0.1) is 0 Å². The number of hydrogen-bond donors (Lipinski definition) is 1. The summed E-state index contributed by atoms with van der Waals surface area (Å²) in [5.74, 6) is -0.813. The van der Waals surface area contributed by atoms with Crippen molar-refractivity contribution in [3.05, 3.63) is 18.2 Å². The number of halogens is 3. The summed E-state index contributed by atoms with van der Waals surface area (Å²) in [5.41, 5.74) is 0.539. The van der Waals surface area contributed by atoms with Gasteiger partial charge in [0, 0.05) is 36.7 Å². The van der Waals surface area contributed by atoms with E-state index >= 15 is 0 Å². The second kappa shape index (κ2) is 9.90. The Kier molecular flexibility index (Phi) is 8.24. The zero-order valence-corrected chi connectivity index (χ0v) is 14.2. The van der Waals surface area contributed by atoms with Crippen molar-refractivity contribution in [3.8, 4) is 11.5 Å². The van der Waals surface area contributed by atoms with Crippen LogP contribution in [-0.2, 0) is 9.59 Å². The molecule has 0 aliphatic heterocycles. The average molecular weight is 361 g/mol. The van der Waals surface area contributed by atoms with Gasteiger partial charge in [-0.2, -0.15) is 13.2 Å². The van der Waals surface area contributed by atoms with Gasteiger partial charge in [-0.25, -0.2) is 0 Å². The fraction of sp³-hybridized carbons (Fsp3) is 0.529. The Labute approximate surface area is 144 Å². The normalized spacial score (nSPS) is 11.1. The molecule has 25 heavy (non-hydrogen) atoms. The third-order valence-corrected chi connectivity index (χ3v) is 3.51. The third-order valence-electron chi connectivity index (χ3n) is 3.51. The van der Waals surface area contributed by atoms with Crippen LogP contribution in [0.3, 0.4) is 0 Å². The van der Waals surface area contributed by atoms with E-state index in [4.69, 9.17) is 9.47 Å². The number of ether oxygens (including phenoxy) is 2. The van der Waals surface area contributed by atoms with Crippen LogP contribution >= 0.6 is 0 Å². The third kappa shape index (κ3) is 7.91. The fourth-order valence-electron chi connectivity index (χ4n) is 2.17. The van der Waals surface area contributed by atoms with E-state index in [9.17, 15) is 22.8 Å². The monoisotopic (exact) mass is 361 g/mol. The largest absolute Gasteiger partial charge is 0.497 e. The number of carbonyl (C=O) groups is 2. The van der Waals surface area contributed by atoms with E-state index in [2.05, 4.69) is 5.32 Å². The minimum Gasteiger partial charge on any atom is -0.497 e. The zero-order valence-electron chi connectivity index (χ0n) is 14.2. The van der Waals surface area contributed by atoms with Crippen molar-refractivity contribution in [3.63, 3.8) is 0 Å². The number of rotatable bonds is 10. The first-order valence-electron chi connectivity index (χ1n) is 7.89. The fourth-order valence-corrected chi connectivity index (χ4v) is 2.17. The molecule has 8 heteroatoms. The number of carbonyl (C=O) groups excluding carboxylic acids is 2. The summed E-state index contributed by atoms with van der Waals surface area (Å²) in [6.07, 6.45) is -3.24. The summed E-state index contributed by atoms with van der Waals surface area (Å²) in [7, 11) is 3.01. The van der Waals surface area contributed by atoms with Gasteiger partial charge >= 0.3 is 6.18 Å². The van der Waals surface area contributed by atoms with E-state index in [-0.39, 0.29) is 18.7 Å². The Morgan fingerprint density at radius 1 is 0.920 bits per heavy atom. The molecule has 0 atom stereocenters. The molecule has 1 N–H and O–H groups in total. The zero-order chi connectivity index (χ0) is 18.9. The Bertz CT molecular complexity index is 565. The van der Waals surface area contributed by atoms with Crippen molar-refractivity contribution in [1.29, 1.82) is 0 Å². The van der Waals surface area contributed by atoms with E-state index < -0.39 is 18.4 Å². The summed E-state index contributed by atoms with van der Waals surface area (Å²) < 4.78 is 46.3. The molecule has 1 rings (SSSR count). The number of amides is 1. The van der Waals surface area contributed by atoms with Crippen LogP contribution < -0.4 is 14.8 Å². The number of unbranched alkanes of at least 4 members (excludes halogenated alkanes) is 3. The van der Waals surface area contributed by atoms with Gasteiger partial charge in [-0.05, 0) is 12.8 Å². The molecule has 0 aromatic heterocycles. The number of hydrogen-bond acceptors (Lipinski definition) is 4. The molecule has 0 saturated carbocycles. The number of methoxy groups -OCH3 is 2. The maximum Gasteiger partial charge on any atom is 0.449 e. The van der Waals surface area contributed by atoms with Crippen LogP contribution in [-0.4, -0.2) is 32.1 Å². The lowest BCUT2D eigenvalue weighted by Gasteiger charge is -2.10. The highest BCUT2D eigenvalue weighted by molar-refractivity contribution is 5.91. The number of nitrogens with one attached hydrogen (secondary N) is 1. The predicted molar refractivity (Wildman–Crippen MR) is 86.9 cm³/mol. The van der Waals surface area contributed by atoms with Crippen LogP contribution in [0.1, 0.15) is 38.5 Å². The second-order valence-electron chi connectivity index (χ2n) is 5.48. The van der Waals surface area contributed by atoms with Gasteiger partial charge in [0.05, 0.1) is 14.2 Å². The molecule has 0 aliphatic rings. The van der Waals surface area contributed by atoms with E-state index in [0.29, 0.717) is 36.4 Å². The van der Waals surface area contributed by atoms with Crippen LogP contribution in [0, 0.1) is 0 Å². The summed E-state index contributed by atoms with van der Waals surface area (Å²) in [6, 6.07) is 4.99. The van der Waals surface area contributed by atoms with Crippen molar-refractivity contribution in [2.45, 2.75) is 44.7 Å². The Balaban J connectivity index is 2.28. The maximum atomic E-state index is 12.0. The van der Waals surface area contributed by atoms with Gasteiger partial charge in [0.15, 0.2) is 0 Å². The van der Waals surface area contributed by atoms with Gasteiger partial charge < -0.3 is 14.8 Å². The average Bonchev–Trinajstić information content (AvgIpc) is 2.56. The van der Waals surface area contributed by atoms with Crippen molar-refractivity contribution >= 4 is 17.4 Å². The summed E-state index contributed by atoms with van der Waals surface area (Å²) in [6.45, 7) is 0. The highest BCUT2D eigenvalue weighted by atomic mass is 19.4. The van der Waals surface area contributed by atoms with Crippen LogP contribution in [0.25, 0.3) is 0 Å². The van der Waals surface area contributed by atoms with Crippen LogP contribution in [0.15, 0.2) is 18.2 Å². The molecule has 1 aromatic rings. The van der Waals surface area contributed by atoms with Gasteiger partial charge in [0.2, 0.25) is 11.7 Å². The quantitative estimate of drug-likeness (QED) is 0.637. The molecule has 0 spiro atoms. The Morgan fingerprint density at radius 2 is 1.44 bits per heavy atom. The van der Waals surface area contributed by atoms with Gasteiger partial charge in [0.1, 0.15) is 11.5 Å². The molecule has 0 heterocycles. The molecule has 0 unspecified atom stereocenters. The topological polar surface area (TPSA) is 64.6 Å². The lowest BCUT2D eigenvalue weighted by atomic mass is 10.1. The van der Waals surface area contributed by atoms with Gasteiger partial charge in [-0.1, -0.05) is 12.8 Å². The van der Waals surface area contributed by atoms with E-state index in [0.717, 1.165) is 0 Å². The highest BCUT2D eigenvalue weighted by Crippen LogP contribution is 2.26. The molecule has 5 nitrogen and oxygen atoms in total. The number of ketones is 1. The number of Topliss-reactive ketones (excluding diaryl/α,β-unsaturated/α-hetero) is 1. The molecule has 1 amide bonds. The summed E-state index contributed by atoms with van der Waals surface area (Å²) in [4.78, 5) is 22.6. The lowest BCUT2D eigenvalue weighted by Crippen LogP contribution is -2.22. The van der Waals surface area contributed by atoms with E-state index in [1.807, 2.05) is 0 Å². The molecule has 0 radical (unpaired) electrons. The standard InChI is InChI=1S/C17H22F3NO4/c1-24-13-9-12(10-14(11-13)25-2)21-16(23)8-6-4-3-5-7-15(22)17(18,19)20/h9-11H,3-8H2,1-2H3,(H,21,23). The first kappa shape index (κ1) is 20.8. The molecular weight excluding hydrogens is 339 g/mol. The van der Waals surface area contributed by atoms with Crippen molar-refractivity contribution in [2.75, 3.05) is 19.5 Å². The van der Waals surface area contributed by atoms with Crippen molar-refractivity contribution < 1.29 is 32.2 Å².